The summed E-state index contributed by atoms with van der Waals surface area (Å²) in [5, 5.41) is 3.23. The number of aryl methyl sites for hydroxylation is 4. The first kappa shape index (κ1) is 84.0. The molecule has 11 aromatic rings. The molecule has 2 aliphatic rings. The van der Waals surface area contributed by atoms with Crippen LogP contribution in [0.4, 0.5) is 0 Å². The van der Waals surface area contributed by atoms with Crippen molar-refractivity contribution >= 4 is 44.1 Å². The largest absolute Gasteiger partial charge is 0.451 e. The van der Waals surface area contributed by atoms with E-state index in [-0.39, 0.29) is 0 Å². The van der Waals surface area contributed by atoms with Crippen LogP contribution in [-0.2, 0) is 26.2 Å². The van der Waals surface area contributed by atoms with Crippen molar-refractivity contribution in [2.24, 2.45) is 0 Å². The molecule has 2 N–H and O–H groups in total. The first-order valence-corrected chi connectivity index (χ1v) is 45.4. The SMILES string of the molecule is CCCCCCCCCCCC[n+]1cccc(Oc2ccc3c(c2)-c2nc-3nc3[nH]c(nc4nc(nc5[nH]c(n2)c2ccc(Oc6ccc[n+](CCCCCCCCCCCC)c6)cc52)-c2ccc(Oc5ccc[n+](CCCCCCCCCCCC)c5)cc2-4)c2ccc(Oc4ccc[n+](CCCCCCCCCCCC)c4)cc32)c1. The Hall–Kier alpha value is -9.96. The predicted molar refractivity (Wildman–Crippen MR) is 470 cm³/mol. The fourth-order valence-electron chi connectivity index (χ4n) is 16.4. The minimum Gasteiger partial charge on any atom is -0.451 e. The van der Waals surface area contributed by atoms with Gasteiger partial charge in [0.2, 0.25) is 24.8 Å². The van der Waals surface area contributed by atoms with Gasteiger partial charge in [0.25, 0.3) is 0 Å². The van der Waals surface area contributed by atoms with Crippen LogP contribution >= 0.6 is 0 Å². The lowest BCUT2D eigenvalue weighted by atomic mass is 10.1. The van der Waals surface area contributed by atoms with Gasteiger partial charge >= 0.3 is 0 Å². The third-order valence-corrected chi connectivity index (χ3v) is 23.1. The monoisotopic (exact) mass is 1560 g/mol. The molecule has 4 aromatic carbocycles. The Bertz CT molecular complexity index is 4760. The zero-order valence-corrected chi connectivity index (χ0v) is 70.4. The number of aromatic nitrogens is 12. The lowest BCUT2D eigenvalue weighted by molar-refractivity contribution is -0.697. The lowest BCUT2D eigenvalue weighted by Gasteiger charge is -2.07. The number of ether oxygens (including phenoxy) is 4. The van der Waals surface area contributed by atoms with E-state index < -0.39 is 0 Å². The van der Waals surface area contributed by atoms with Crippen molar-refractivity contribution in [1.29, 1.82) is 0 Å². The molecule has 0 fully saturated rings. The average Bonchev–Trinajstić information content (AvgIpc) is 1.60. The Kier molecular flexibility index (Phi) is 33.0. The highest BCUT2D eigenvalue weighted by Crippen LogP contribution is 2.42. The van der Waals surface area contributed by atoms with Gasteiger partial charge in [-0.1, -0.05) is 233 Å². The summed E-state index contributed by atoms with van der Waals surface area (Å²) in [5.74, 6) is 7.48. The quantitative estimate of drug-likeness (QED) is 0.0277. The Balaban J connectivity index is 0.851. The molecule has 0 saturated heterocycles. The van der Waals surface area contributed by atoms with E-state index in [2.05, 4.69) is 142 Å². The molecule has 0 spiro atoms. The lowest BCUT2D eigenvalue weighted by Crippen LogP contribution is -2.32. The maximum Gasteiger partial charge on any atom is 0.211 e. The molecule has 0 amide bonds. The number of nitrogens with zero attached hydrogens (tertiary/aromatic N) is 10. The third-order valence-electron chi connectivity index (χ3n) is 23.1. The van der Waals surface area contributed by atoms with Crippen molar-refractivity contribution in [3.63, 3.8) is 0 Å². The maximum absolute atomic E-state index is 6.81. The minimum absolute atomic E-state index is 0.459. The van der Waals surface area contributed by atoms with Gasteiger partial charge < -0.3 is 28.9 Å². The van der Waals surface area contributed by atoms with Crippen molar-refractivity contribution in [3.05, 3.63) is 171 Å². The van der Waals surface area contributed by atoms with E-state index in [1.165, 1.54) is 231 Å². The van der Waals surface area contributed by atoms with Gasteiger partial charge in [0, 0.05) is 93.7 Å². The van der Waals surface area contributed by atoms with E-state index in [0.717, 1.165) is 119 Å². The number of unbranched alkanes of at least 4 members (excludes halogenated alkanes) is 36. The normalized spacial score (nSPS) is 11.8. The maximum atomic E-state index is 6.81. The Morgan fingerprint density at radius 1 is 0.224 bits per heavy atom. The van der Waals surface area contributed by atoms with Crippen LogP contribution < -0.4 is 37.2 Å². The summed E-state index contributed by atoms with van der Waals surface area (Å²) >= 11 is 0. The van der Waals surface area contributed by atoms with Crippen LogP contribution in [0.15, 0.2) is 171 Å². The van der Waals surface area contributed by atoms with Crippen LogP contribution in [0.2, 0.25) is 0 Å². The Labute approximate surface area is 690 Å². The number of aromatic amines is 2. The number of benzene rings is 4. The highest BCUT2D eigenvalue weighted by molar-refractivity contribution is 6.07. The number of nitrogens with one attached hydrogen (secondary N) is 2. The van der Waals surface area contributed by atoms with E-state index in [4.69, 9.17) is 48.9 Å². The second-order valence-corrected chi connectivity index (χ2v) is 32.7. The molecule has 0 atom stereocenters. The van der Waals surface area contributed by atoms with Gasteiger partial charge in [-0.15, -0.1) is 0 Å². The number of hydrogen-bond acceptors (Lipinski definition) is 10. The van der Waals surface area contributed by atoms with Crippen LogP contribution in [0.25, 0.3) is 89.7 Å². The summed E-state index contributed by atoms with van der Waals surface area (Å²) in [5.41, 5.74) is 5.33. The molecule has 116 heavy (non-hydrogen) atoms. The molecule has 0 unspecified atom stereocenters. The van der Waals surface area contributed by atoms with Crippen LogP contribution in [0, 0.1) is 0 Å². The third kappa shape index (κ3) is 25.0. The average molecular weight is 1560 g/mol. The molecular formula is C100H130N12O4+4. The summed E-state index contributed by atoms with van der Waals surface area (Å²) < 4.78 is 36.2. The predicted octanol–water partition coefficient (Wildman–Crippen LogP) is 26.9. The van der Waals surface area contributed by atoms with Gasteiger partial charge in [-0.05, 0) is 123 Å². The van der Waals surface area contributed by atoms with Crippen molar-refractivity contribution in [3.8, 4) is 91.5 Å². The van der Waals surface area contributed by atoms with Crippen molar-refractivity contribution in [2.75, 3.05) is 0 Å². The van der Waals surface area contributed by atoms with E-state index in [0.29, 0.717) is 68.9 Å². The summed E-state index contributed by atoms with van der Waals surface area (Å²) in [6.45, 7) is 12.9. The number of hydrogen-bond donors (Lipinski definition) is 2. The summed E-state index contributed by atoms with van der Waals surface area (Å²) in [6, 6.07) is 40.8. The van der Waals surface area contributed by atoms with Gasteiger partial charge in [-0.25, -0.2) is 48.2 Å². The first-order chi connectivity index (χ1) is 57.3. The van der Waals surface area contributed by atoms with Gasteiger partial charge in [0.1, 0.15) is 71.8 Å². The summed E-state index contributed by atoms with van der Waals surface area (Å²) in [6.07, 6.45) is 68.9. The fraction of sp³-hybridized carbons (Fsp3) is 0.480. The first-order valence-electron chi connectivity index (χ1n) is 45.4. The molecule has 0 radical (unpaired) electrons. The van der Waals surface area contributed by atoms with Gasteiger partial charge in [0.15, 0.2) is 71.1 Å². The zero-order chi connectivity index (χ0) is 79.6. The summed E-state index contributed by atoms with van der Waals surface area (Å²) in [7, 11) is 0. The highest BCUT2D eigenvalue weighted by atomic mass is 16.5. The van der Waals surface area contributed by atoms with Crippen molar-refractivity contribution in [2.45, 2.75) is 311 Å². The molecular weight excluding hydrogens is 1430 g/mol. The number of pyridine rings is 4. The van der Waals surface area contributed by atoms with Crippen LogP contribution in [0.5, 0.6) is 46.0 Å². The van der Waals surface area contributed by atoms with Gasteiger partial charge in [-0.2, -0.15) is 0 Å². The van der Waals surface area contributed by atoms with E-state index in [1.807, 2.05) is 84.9 Å². The molecule has 9 heterocycles. The highest BCUT2D eigenvalue weighted by Gasteiger charge is 2.26. The summed E-state index contributed by atoms with van der Waals surface area (Å²) in [4.78, 5) is 40.3. The smallest absolute Gasteiger partial charge is 0.211 e. The molecule has 7 aromatic heterocycles. The van der Waals surface area contributed by atoms with Crippen LogP contribution in [0.1, 0.15) is 285 Å². The molecule has 0 saturated carbocycles. The van der Waals surface area contributed by atoms with Gasteiger partial charge in [0.05, 0.1) is 0 Å². The van der Waals surface area contributed by atoms with E-state index in [1.54, 1.807) is 0 Å². The number of rotatable bonds is 52. The number of H-pyrrole nitrogens is 2. The van der Waals surface area contributed by atoms with E-state index in [9.17, 15) is 0 Å². The molecule has 2 aliphatic heterocycles. The Morgan fingerprint density at radius 2 is 0.457 bits per heavy atom. The molecule has 610 valence electrons. The van der Waals surface area contributed by atoms with E-state index >= 15 is 0 Å². The van der Waals surface area contributed by atoms with Crippen molar-refractivity contribution in [1.82, 2.24) is 39.9 Å². The van der Waals surface area contributed by atoms with Crippen LogP contribution in [0.3, 0.4) is 0 Å². The molecule has 13 rings (SSSR count). The standard InChI is InChI=1S/C100H130N12O4/c1-5-9-13-17-21-25-29-33-37-41-61-109-65-45-49-81(73-109)113-77-53-57-85-89(69-77)97-101-93(85)106-98-91-71-79(115-83-51-47-67-111(75-83)63-43-39-35-31-27-23-19-15-11-7-3)55-59-87(91)95(103-98)108-100-92-72-80(116-84-52-48-68-112(76-84)64-44-40-36-32-28-24-20-16-12-8-4)56-60-88(92)96(104-100)107-99-90-70-78(54-58-86(90)94(102-99)105-97)114-82-50-46-66-110(74-82)62-42-38-34-30-26-22-18-14-10-6-2/h45-60,65-76H,5-44,61-64H2,1-4H3,(H2,101,102,103,104,105,106,107,108)/q+4. The minimum atomic E-state index is 0.459. The zero-order valence-electron chi connectivity index (χ0n) is 70.4. The second kappa shape index (κ2) is 45.5. The topological polar surface area (TPSA) is 161 Å². The molecule has 0 aliphatic carbocycles. The molecule has 16 heteroatoms. The second-order valence-electron chi connectivity index (χ2n) is 32.7. The fourth-order valence-corrected chi connectivity index (χ4v) is 16.4. The van der Waals surface area contributed by atoms with Crippen LogP contribution in [-0.4, -0.2) is 39.9 Å². The molecule has 8 bridgehead atoms. The van der Waals surface area contributed by atoms with Crippen molar-refractivity contribution < 1.29 is 37.2 Å². The molecule has 16 nitrogen and oxygen atoms in total. The Morgan fingerprint density at radius 3 is 0.733 bits per heavy atom. The number of fused-ring (bicyclic) bond motifs is 20. The van der Waals surface area contributed by atoms with Gasteiger partial charge in [-0.3, -0.25) is 0 Å².